The molecule has 0 amide bonds. The largest absolute Gasteiger partial charge is 0.409 e. The molecule has 0 spiro atoms. The number of nitrogens with zero attached hydrogens (tertiary/aromatic N) is 2. The van der Waals surface area contributed by atoms with E-state index in [4.69, 9.17) is 15.7 Å². The van der Waals surface area contributed by atoms with Crippen molar-refractivity contribution in [3.05, 3.63) is 35.4 Å². The second-order valence-electron chi connectivity index (χ2n) is 4.85. The number of ether oxygens (including phenoxy) is 1. The highest BCUT2D eigenvalue weighted by Gasteiger charge is 2.19. The van der Waals surface area contributed by atoms with Gasteiger partial charge in [-0.3, -0.25) is 4.90 Å². The Morgan fingerprint density at radius 3 is 2.74 bits per heavy atom. The highest BCUT2D eigenvalue weighted by atomic mass is 16.5. The summed E-state index contributed by atoms with van der Waals surface area (Å²) in [4.78, 5) is 2.37. The summed E-state index contributed by atoms with van der Waals surface area (Å²) in [5, 5.41) is 11.9. The molecule has 0 aromatic heterocycles. The molecule has 1 aromatic rings. The minimum absolute atomic E-state index is 0.169. The Labute approximate surface area is 113 Å². The third kappa shape index (κ3) is 3.45. The number of methoxy groups -OCH3 is 1. The number of rotatable bonds is 4. The van der Waals surface area contributed by atoms with Crippen LogP contribution in [0, 0.1) is 0 Å². The monoisotopic (exact) mass is 263 g/mol. The molecule has 5 nitrogen and oxygen atoms in total. The number of benzene rings is 1. The van der Waals surface area contributed by atoms with Crippen molar-refractivity contribution in [2.24, 2.45) is 10.9 Å². The topological polar surface area (TPSA) is 71.1 Å². The zero-order valence-corrected chi connectivity index (χ0v) is 11.2. The summed E-state index contributed by atoms with van der Waals surface area (Å²) in [7, 11) is 1.77. The van der Waals surface area contributed by atoms with Crippen LogP contribution < -0.4 is 5.73 Å². The summed E-state index contributed by atoms with van der Waals surface area (Å²) in [5.74, 6) is 0.169. The molecule has 1 heterocycles. The maximum atomic E-state index is 8.82. The molecule has 0 bridgehead atoms. The predicted molar refractivity (Wildman–Crippen MR) is 74.3 cm³/mol. The van der Waals surface area contributed by atoms with Gasteiger partial charge in [-0.1, -0.05) is 29.4 Å². The quantitative estimate of drug-likeness (QED) is 0.373. The number of hydrogen-bond acceptors (Lipinski definition) is 4. The van der Waals surface area contributed by atoms with Gasteiger partial charge in [0.2, 0.25) is 0 Å². The van der Waals surface area contributed by atoms with Gasteiger partial charge in [0, 0.05) is 32.3 Å². The number of piperidine rings is 1. The number of likely N-dealkylation sites (tertiary alicyclic amines) is 1. The molecule has 19 heavy (non-hydrogen) atoms. The van der Waals surface area contributed by atoms with Gasteiger partial charge in [-0.15, -0.1) is 0 Å². The van der Waals surface area contributed by atoms with Crippen LogP contribution in [-0.4, -0.2) is 42.2 Å². The van der Waals surface area contributed by atoms with Gasteiger partial charge in [0.25, 0.3) is 0 Å². The average molecular weight is 263 g/mol. The second kappa shape index (κ2) is 6.54. The minimum atomic E-state index is 0.169. The fourth-order valence-electron chi connectivity index (χ4n) is 2.51. The van der Waals surface area contributed by atoms with Crippen LogP contribution in [0.1, 0.15) is 24.0 Å². The van der Waals surface area contributed by atoms with Crippen LogP contribution in [0.25, 0.3) is 0 Å². The lowest BCUT2D eigenvalue weighted by atomic mass is 10.0. The van der Waals surface area contributed by atoms with E-state index in [1.165, 1.54) is 0 Å². The molecule has 1 fully saturated rings. The Kier molecular flexibility index (Phi) is 4.76. The molecule has 0 unspecified atom stereocenters. The Morgan fingerprint density at radius 1 is 1.42 bits per heavy atom. The van der Waals surface area contributed by atoms with Gasteiger partial charge in [-0.05, 0) is 18.4 Å². The summed E-state index contributed by atoms with van der Waals surface area (Å²) in [6, 6.07) is 7.78. The second-order valence-corrected chi connectivity index (χ2v) is 4.85. The molecule has 0 atom stereocenters. The van der Waals surface area contributed by atoms with Gasteiger partial charge >= 0.3 is 0 Å². The molecule has 1 saturated heterocycles. The molecule has 1 aromatic carbocycles. The lowest BCUT2D eigenvalue weighted by molar-refractivity contribution is 0.0388. The normalized spacial score (nSPS) is 18.7. The van der Waals surface area contributed by atoms with Crippen molar-refractivity contribution in [2.75, 3.05) is 20.2 Å². The molecule has 3 N–H and O–H groups in total. The first-order valence-electron chi connectivity index (χ1n) is 6.55. The highest BCUT2D eigenvalue weighted by molar-refractivity contribution is 5.98. The van der Waals surface area contributed by atoms with Crippen LogP contribution in [0.4, 0.5) is 0 Å². The van der Waals surface area contributed by atoms with Gasteiger partial charge in [0.15, 0.2) is 5.84 Å². The number of hydrogen-bond donors (Lipinski definition) is 2. The summed E-state index contributed by atoms with van der Waals surface area (Å²) in [6.07, 6.45) is 2.50. The Morgan fingerprint density at radius 2 is 2.11 bits per heavy atom. The van der Waals surface area contributed by atoms with E-state index in [-0.39, 0.29) is 5.84 Å². The number of oxime groups is 1. The fourth-order valence-corrected chi connectivity index (χ4v) is 2.51. The van der Waals surface area contributed by atoms with Gasteiger partial charge in [0.1, 0.15) is 0 Å². The van der Waals surface area contributed by atoms with E-state index >= 15 is 0 Å². The lowest BCUT2D eigenvalue weighted by Gasteiger charge is -2.31. The Hall–Kier alpha value is -1.59. The summed E-state index contributed by atoms with van der Waals surface area (Å²) < 4.78 is 5.37. The van der Waals surface area contributed by atoms with E-state index in [0.29, 0.717) is 6.10 Å². The van der Waals surface area contributed by atoms with Crippen LogP contribution in [0.2, 0.25) is 0 Å². The van der Waals surface area contributed by atoms with Crippen molar-refractivity contribution < 1.29 is 9.94 Å². The first kappa shape index (κ1) is 13.8. The molecule has 0 saturated carbocycles. The van der Waals surface area contributed by atoms with E-state index in [1.807, 2.05) is 24.3 Å². The first-order valence-corrected chi connectivity index (χ1v) is 6.55. The molecule has 2 rings (SSSR count). The zero-order valence-electron chi connectivity index (χ0n) is 11.2. The highest BCUT2D eigenvalue weighted by Crippen LogP contribution is 2.17. The molecule has 104 valence electrons. The summed E-state index contributed by atoms with van der Waals surface area (Å²) in [6.45, 7) is 2.86. The SMILES string of the molecule is COC1CCN(Cc2ccccc2/C(N)=N/O)CC1. The molecule has 5 heteroatoms. The standard InChI is InChI=1S/C14H21N3O2/c1-19-12-6-8-17(9-7-12)10-11-4-2-3-5-13(11)14(15)16-18/h2-5,12,18H,6-10H2,1H3,(H2,15,16). The van der Waals surface area contributed by atoms with Gasteiger partial charge in [-0.25, -0.2) is 0 Å². The van der Waals surface area contributed by atoms with E-state index in [0.717, 1.165) is 43.6 Å². The third-order valence-electron chi connectivity index (χ3n) is 3.66. The Balaban J connectivity index is 2.04. The van der Waals surface area contributed by atoms with Gasteiger partial charge in [-0.2, -0.15) is 0 Å². The molecule has 0 radical (unpaired) electrons. The lowest BCUT2D eigenvalue weighted by Crippen LogP contribution is -2.36. The molecule has 0 aliphatic carbocycles. The van der Waals surface area contributed by atoms with E-state index < -0.39 is 0 Å². The van der Waals surface area contributed by atoms with E-state index in [1.54, 1.807) is 7.11 Å². The van der Waals surface area contributed by atoms with Crippen molar-refractivity contribution >= 4 is 5.84 Å². The molecular weight excluding hydrogens is 242 g/mol. The summed E-state index contributed by atoms with van der Waals surface area (Å²) >= 11 is 0. The zero-order chi connectivity index (χ0) is 13.7. The Bertz CT molecular complexity index is 440. The fraction of sp³-hybridized carbons (Fsp3) is 0.500. The van der Waals surface area contributed by atoms with Gasteiger partial charge < -0.3 is 15.7 Å². The number of amidine groups is 1. The van der Waals surface area contributed by atoms with E-state index in [9.17, 15) is 0 Å². The van der Waals surface area contributed by atoms with Crippen LogP contribution in [0.5, 0.6) is 0 Å². The first-order chi connectivity index (χ1) is 9.24. The number of nitrogens with two attached hydrogens (primary N) is 1. The van der Waals surface area contributed by atoms with E-state index in [2.05, 4.69) is 10.1 Å². The van der Waals surface area contributed by atoms with Crippen LogP contribution >= 0.6 is 0 Å². The minimum Gasteiger partial charge on any atom is -0.409 e. The molecule has 1 aliphatic heterocycles. The van der Waals surface area contributed by atoms with Crippen molar-refractivity contribution in [1.29, 1.82) is 0 Å². The maximum absolute atomic E-state index is 8.82. The average Bonchev–Trinajstić information content (AvgIpc) is 2.48. The maximum Gasteiger partial charge on any atom is 0.170 e. The molecule has 1 aliphatic rings. The van der Waals surface area contributed by atoms with Gasteiger partial charge in [0.05, 0.1) is 6.10 Å². The van der Waals surface area contributed by atoms with Crippen molar-refractivity contribution in [1.82, 2.24) is 4.90 Å². The van der Waals surface area contributed by atoms with Crippen LogP contribution in [0.3, 0.4) is 0 Å². The predicted octanol–water partition coefficient (Wildman–Crippen LogP) is 1.39. The third-order valence-corrected chi connectivity index (χ3v) is 3.66. The molecular formula is C14H21N3O2. The summed E-state index contributed by atoms with van der Waals surface area (Å²) in [5.41, 5.74) is 7.60. The van der Waals surface area contributed by atoms with Crippen LogP contribution in [0.15, 0.2) is 29.4 Å². The van der Waals surface area contributed by atoms with Crippen LogP contribution in [-0.2, 0) is 11.3 Å². The smallest absolute Gasteiger partial charge is 0.170 e. The van der Waals surface area contributed by atoms with Crippen molar-refractivity contribution in [3.63, 3.8) is 0 Å². The van der Waals surface area contributed by atoms with Crippen molar-refractivity contribution in [3.8, 4) is 0 Å². The van der Waals surface area contributed by atoms with Crippen molar-refractivity contribution in [2.45, 2.75) is 25.5 Å².